The molecule has 0 amide bonds. The average Bonchev–Trinajstić information content (AvgIpc) is 2.51. The van der Waals surface area contributed by atoms with E-state index in [-0.39, 0.29) is 11.3 Å². The molecule has 0 saturated carbocycles. The predicted octanol–water partition coefficient (Wildman–Crippen LogP) is 4.32. The summed E-state index contributed by atoms with van der Waals surface area (Å²) in [4.78, 5) is 0. The molecule has 130 valence electrons. The largest absolute Gasteiger partial charge is 0.326 e. The Bertz CT molecular complexity index is 470. The number of rotatable bonds is 7. The van der Waals surface area contributed by atoms with Crippen LogP contribution in [0.5, 0.6) is 0 Å². The second-order valence-corrected chi connectivity index (χ2v) is 13.7. The molecule has 0 aromatic heterocycles. The number of hydrogen-bond donors (Lipinski definition) is 0. The molecule has 0 N–H and O–H groups in total. The zero-order valence-corrected chi connectivity index (χ0v) is 16.2. The fourth-order valence-electron chi connectivity index (χ4n) is 3.59. The number of fused-ring (bicyclic) bond motifs is 3. The van der Waals surface area contributed by atoms with E-state index in [0.29, 0.717) is 13.2 Å². The zero-order valence-electron chi connectivity index (χ0n) is 15.2. The van der Waals surface area contributed by atoms with E-state index in [4.69, 9.17) is 14.2 Å². The molecular formula is C18H31NO3Si. The van der Waals surface area contributed by atoms with Crippen molar-refractivity contribution in [3.8, 4) is 6.07 Å². The van der Waals surface area contributed by atoms with Crippen LogP contribution in [0.1, 0.15) is 33.1 Å². The highest BCUT2D eigenvalue weighted by Crippen LogP contribution is 2.50. The van der Waals surface area contributed by atoms with E-state index in [1.165, 1.54) is 0 Å². The number of ether oxygens (including phenoxy) is 3. The Morgan fingerprint density at radius 1 is 1.26 bits per heavy atom. The topological polar surface area (TPSA) is 51.5 Å². The second kappa shape index (κ2) is 7.06. The number of hydrogen-bond acceptors (Lipinski definition) is 4. The van der Waals surface area contributed by atoms with Crippen molar-refractivity contribution in [1.29, 1.82) is 5.26 Å². The minimum atomic E-state index is -1.34. The van der Waals surface area contributed by atoms with Crippen LogP contribution in [0.25, 0.3) is 0 Å². The molecule has 23 heavy (non-hydrogen) atoms. The Balaban J connectivity index is 2.27. The highest BCUT2D eigenvalue weighted by Gasteiger charge is 2.60. The van der Waals surface area contributed by atoms with Crippen molar-refractivity contribution in [3.05, 3.63) is 12.2 Å². The van der Waals surface area contributed by atoms with Gasteiger partial charge in [0, 0.05) is 8.07 Å². The van der Waals surface area contributed by atoms with Crippen molar-refractivity contribution in [2.24, 2.45) is 11.3 Å². The molecule has 3 saturated heterocycles. The van der Waals surface area contributed by atoms with Crippen molar-refractivity contribution in [1.82, 2.24) is 0 Å². The maximum atomic E-state index is 9.61. The molecule has 3 aliphatic rings. The van der Waals surface area contributed by atoms with E-state index >= 15 is 0 Å². The highest BCUT2D eigenvalue weighted by molar-refractivity contribution is 6.76. The molecule has 3 rings (SSSR count). The van der Waals surface area contributed by atoms with Crippen LogP contribution in [0, 0.1) is 22.7 Å². The SMILES string of the molecule is CC/C=C/C(C[Si](C)(C)C)C12OCC(CCC)(CO1)C(C#N)O2. The molecule has 0 radical (unpaired) electrons. The number of allylic oxidation sites excluding steroid dienone is 1. The molecule has 2 unspecified atom stereocenters. The van der Waals surface area contributed by atoms with Gasteiger partial charge in [0.1, 0.15) is 0 Å². The summed E-state index contributed by atoms with van der Waals surface area (Å²) in [5.74, 6) is -1.02. The third-order valence-electron chi connectivity index (χ3n) is 4.72. The molecular weight excluding hydrogens is 306 g/mol. The summed E-state index contributed by atoms with van der Waals surface area (Å²) >= 11 is 0. The van der Waals surface area contributed by atoms with Crippen LogP contribution in [0.3, 0.4) is 0 Å². The van der Waals surface area contributed by atoms with Crippen LogP contribution in [-0.4, -0.2) is 33.4 Å². The van der Waals surface area contributed by atoms with Gasteiger partial charge in [0.05, 0.1) is 30.6 Å². The van der Waals surface area contributed by atoms with E-state index in [1.54, 1.807) is 0 Å². The Morgan fingerprint density at radius 2 is 1.91 bits per heavy atom. The van der Waals surface area contributed by atoms with Crippen LogP contribution >= 0.6 is 0 Å². The first-order chi connectivity index (χ1) is 10.8. The van der Waals surface area contributed by atoms with E-state index < -0.39 is 20.2 Å². The van der Waals surface area contributed by atoms with Gasteiger partial charge in [0.15, 0.2) is 6.10 Å². The molecule has 5 heteroatoms. The van der Waals surface area contributed by atoms with Gasteiger partial charge in [-0.25, -0.2) is 0 Å². The van der Waals surface area contributed by atoms with Crippen LogP contribution < -0.4 is 0 Å². The smallest absolute Gasteiger partial charge is 0.290 e. The van der Waals surface area contributed by atoms with Gasteiger partial charge in [-0.1, -0.05) is 52.1 Å². The maximum absolute atomic E-state index is 9.61. The number of nitriles is 1. The summed E-state index contributed by atoms with van der Waals surface area (Å²) in [7, 11) is -1.34. The summed E-state index contributed by atoms with van der Waals surface area (Å²) in [5.41, 5.74) is -0.302. The Kier molecular flexibility index (Phi) is 5.73. The van der Waals surface area contributed by atoms with Crippen molar-refractivity contribution in [2.45, 2.75) is 70.9 Å². The molecule has 3 aliphatic heterocycles. The normalized spacial score (nSPS) is 35.4. The third kappa shape index (κ3) is 3.88. The first-order valence-electron chi connectivity index (χ1n) is 8.83. The van der Waals surface area contributed by atoms with Gasteiger partial charge < -0.3 is 14.2 Å². The van der Waals surface area contributed by atoms with Crippen molar-refractivity contribution in [3.63, 3.8) is 0 Å². The lowest BCUT2D eigenvalue weighted by atomic mass is 9.77. The average molecular weight is 338 g/mol. The standard InChI is InChI=1S/C18H31NO3Si/c1-6-8-9-15(12-23(3,4)5)18-20-13-17(10-7-2,14-21-18)16(11-19)22-18/h8-9,15-16H,6-7,10,12-14H2,1-5H3/b9-8+. The molecule has 3 fully saturated rings. The minimum Gasteiger partial charge on any atom is -0.326 e. The molecule has 3 heterocycles. The van der Waals surface area contributed by atoms with Gasteiger partial charge in [-0.15, -0.1) is 0 Å². The third-order valence-corrected chi connectivity index (χ3v) is 6.38. The molecule has 2 bridgehead atoms. The lowest BCUT2D eigenvalue weighted by molar-refractivity contribution is -0.492. The molecule has 0 aromatic rings. The fraction of sp³-hybridized carbons (Fsp3) is 0.833. The zero-order chi connectivity index (χ0) is 17.1. The van der Waals surface area contributed by atoms with E-state index in [9.17, 15) is 5.26 Å². The summed E-state index contributed by atoms with van der Waals surface area (Å²) in [5, 5.41) is 9.61. The van der Waals surface area contributed by atoms with Gasteiger partial charge in [0.25, 0.3) is 5.97 Å². The number of nitrogens with zero attached hydrogens (tertiary/aromatic N) is 1. The van der Waals surface area contributed by atoms with Crippen molar-refractivity contribution in [2.75, 3.05) is 13.2 Å². The fourth-order valence-corrected chi connectivity index (χ4v) is 5.30. The van der Waals surface area contributed by atoms with Crippen molar-refractivity contribution < 1.29 is 14.2 Å². The molecule has 4 nitrogen and oxygen atoms in total. The maximum Gasteiger partial charge on any atom is 0.290 e. The molecule has 2 atom stereocenters. The minimum absolute atomic E-state index is 0.0462. The summed E-state index contributed by atoms with van der Waals surface area (Å²) in [6.07, 6.45) is 6.74. The van der Waals surface area contributed by atoms with Gasteiger partial charge in [-0.05, 0) is 18.9 Å². The lowest BCUT2D eigenvalue weighted by Gasteiger charge is -2.56. The van der Waals surface area contributed by atoms with Gasteiger partial charge in [-0.2, -0.15) is 5.26 Å². The Hall–Kier alpha value is -0.673. The Labute approximate surface area is 141 Å². The second-order valence-electron chi connectivity index (χ2n) is 8.13. The van der Waals surface area contributed by atoms with Gasteiger partial charge in [-0.3, -0.25) is 0 Å². The molecule has 0 aliphatic carbocycles. The lowest BCUT2D eigenvalue weighted by Crippen LogP contribution is -2.66. The molecule has 0 aromatic carbocycles. The summed E-state index contributed by atoms with van der Waals surface area (Å²) < 4.78 is 18.4. The molecule has 0 spiro atoms. The van der Waals surface area contributed by atoms with Crippen LogP contribution in [0.2, 0.25) is 25.7 Å². The van der Waals surface area contributed by atoms with Crippen LogP contribution in [0.15, 0.2) is 12.2 Å². The first-order valence-corrected chi connectivity index (χ1v) is 12.5. The Morgan fingerprint density at radius 3 is 2.39 bits per heavy atom. The highest BCUT2D eigenvalue weighted by atomic mass is 28.3. The first kappa shape index (κ1) is 18.7. The van der Waals surface area contributed by atoms with E-state index in [1.807, 2.05) is 0 Å². The monoisotopic (exact) mass is 337 g/mol. The van der Waals surface area contributed by atoms with Crippen LogP contribution in [0.4, 0.5) is 0 Å². The van der Waals surface area contributed by atoms with Gasteiger partial charge in [0.2, 0.25) is 0 Å². The van der Waals surface area contributed by atoms with Crippen LogP contribution in [-0.2, 0) is 14.2 Å². The van der Waals surface area contributed by atoms with E-state index in [2.05, 4.69) is 51.7 Å². The van der Waals surface area contributed by atoms with Gasteiger partial charge >= 0.3 is 0 Å². The van der Waals surface area contributed by atoms with Crippen molar-refractivity contribution >= 4 is 8.07 Å². The van der Waals surface area contributed by atoms with E-state index in [0.717, 1.165) is 25.3 Å². The summed E-state index contributed by atoms with van der Waals surface area (Å²) in [6, 6.07) is 3.38. The predicted molar refractivity (Wildman–Crippen MR) is 93.5 cm³/mol. The summed E-state index contributed by atoms with van der Waals surface area (Å²) in [6.45, 7) is 12.4. The quantitative estimate of drug-likeness (QED) is 0.513.